The number of hydrogen-bond acceptors (Lipinski definition) is 5. The van der Waals surface area contributed by atoms with Gasteiger partial charge in [-0.1, -0.05) is 29.8 Å². The Bertz CT molecular complexity index is 782. The molecule has 3 aromatic rings. The number of nitrogens with one attached hydrogen (secondary N) is 1. The van der Waals surface area contributed by atoms with Crippen molar-refractivity contribution in [3.05, 3.63) is 41.2 Å². The first-order valence-corrected chi connectivity index (χ1v) is 7.02. The van der Waals surface area contributed by atoms with Gasteiger partial charge >= 0.3 is 0 Å². The van der Waals surface area contributed by atoms with E-state index in [1.807, 2.05) is 35.8 Å². The van der Waals surface area contributed by atoms with Crippen LogP contribution in [0.15, 0.2) is 30.6 Å². The zero-order chi connectivity index (χ0) is 14.8. The fourth-order valence-corrected chi connectivity index (χ4v) is 2.32. The maximum atomic E-state index is 6.20. The van der Waals surface area contributed by atoms with Gasteiger partial charge in [-0.15, -0.1) is 0 Å². The van der Waals surface area contributed by atoms with E-state index >= 15 is 0 Å². The summed E-state index contributed by atoms with van der Waals surface area (Å²) in [6, 6.07) is 7.70. The monoisotopic (exact) mass is 302 g/mol. The van der Waals surface area contributed by atoms with Crippen LogP contribution in [0.3, 0.4) is 0 Å². The normalized spacial score (nSPS) is 11.0. The lowest BCUT2D eigenvalue weighted by atomic mass is 10.2. The van der Waals surface area contributed by atoms with Crippen LogP contribution in [0.4, 0.5) is 11.8 Å². The molecule has 7 heteroatoms. The van der Waals surface area contributed by atoms with E-state index in [1.165, 1.54) is 0 Å². The third kappa shape index (κ3) is 2.62. The van der Waals surface area contributed by atoms with Gasteiger partial charge in [0.2, 0.25) is 5.95 Å². The molecule has 0 atom stereocenters. The van der Waals surface area contributed by atoms with E-state index in [2.05, 4.69) is 20.3 Å². The Morgan fingerprint density at radius 1 is 1.29 bits per heavy atom. The van der Waals surface area contributed by atoms with Gasteiger partial charge in [0.15, 0.2) is 11.5 Å². The van der Waals surface area contributed by atoms with Crippen LogP contribution in [-0.2, 0) is 6.54 Å². The summed E-state index contributed by atoms with van der Waals surface area (Å²) in [5, 5.41) is 3.78. The highest BCUT2D eigenvalue weighted by molar-refractivity contribution is 6.31. The molecule has 0 amide bonds. The second-order valence-corrected chi connectivity index (χ2v) is 5.01. The maximum absolute atomic E-state index is 6.20. The topological polar surface area (TPSA) is 81.6 Å². The van der Waals surface area contributed by atoms with Crippen molar-refractivity contribution in [3.63, 3.8) is 0 Å². The molecule has 3 rings (SSSR count). The van der Waals surface area contributed by atoms with Gasteiger partial charge in [0.05, 0.1) is 12.9 Å². The molecule has 2 heterocycles. The van der Waals surface area contributed by atoms with Gasteiger partial charge in [-0.2, -0.15) is 9.97 Å². The van der Waals surface area contributed by atoms with Crippen molar-refractivity contribution < 1.29 is 0 Å². The Hall–Kier alpha value is -2.34. The number of nitrogens with zero attached hydrogens (tertiary/aromatic N) is 4. The highest BCUT2D eigenvalue weighted by Crippen LogP contribution is 2.21. The maximum Gasteiger partial charge on any atom is 0.226 e. The largest absolute Gasteiger partial charge is 0.382 e. The van der Waals surface area contributed by atoms with Crippen LogP contribution in [0.2, 0.25) is 5.02 Å². The van der Waals surface area contributed by atoms with Crippen LogP contribution in [0.5, 0.6) is 0 Å². The number of nitrogens with two attached hydrogens (primary N) is 1. The van der Waals surface area contributed by atoms with Crippen molar-refractivity contribution in [1.82, 2.24) is 19.5 Å². The van der Waals surface area contributed by atoms with Crippen molar-refractivity contribution in [3.8, 4) is 0 Å². The Balaban J connectivity index is 2.05. The van der Waals surface area contributed by atoms with Gasteiger partial charge < -0.3 is 15.6 Å². The molecule has 0 aliphatic heterocycles. The van der Waals surface area contributed by atoms with Gasteiger partial charge in [-0.05, 0) is 18.6 Å². The fraction of sp³-hybridized carbons (Fsp3) is 0.214. The highest BCUT2D eigenvalue weighted by atomic mass is 35.5. The van der Waals surface area contributed by atoms with Crippen LogP contribution in [-0.4, -0.2) is 26.1 Å². The Labute approximate surface area is 127 Å². The molecule has 0 aliphatic carbocycles. The number of halogens is 1. The summed E-state index contributed by atoms with van der Waals surface area (Å²) in [6.07, 6.45) is 1.70. The molecule has 0 fully saturated rings. The summed E-state index contributed by atoms with van der Waals surface area (Å²) < 4.78 is 1.91. The Morgan fingerprint density at radius 2 is 2.10 bits per heavy atom. The average Bonchev–Trinajstić information content (AvgIpc) is 2.86. The zero-order valence-electron chi connectivity index (χ0n) is 11.5. The fourth-order valence-electron chi connectivity index (χ4n) is 2.13. The summed E-state index contributed by atoms with van der Waals surface area (Å²) in [6.45, 7) is 3.28. The summed E-state index contributed by atoms with van der Waals surface area (Å²) in [5.74, 6) is 0.872. The molecule has 0 unspecified atom stereocenters. The van der Waals surface area contributed by atoms with Crippen molar-refractivity contribution in [2.75, 3.05) is 17.6 Å². The lowest BCUT2D eigenvalue weighted by molar-refractivity contribution is 0.813. The molecule has 0 saturated carbocycles. The minimum atomic E-state index is 0.369. The molecule has 6 nitrogen and oxygen atoms in total. The first kappa shape index (κ1) is 13.6. The molecule has 108 valence electrons. The van der Waals surface area contributed by atoms with E-state index in [4.69, 9.17) is 17.3 Å². The van der Waals surface area contributed by atoms with Gasteiger partial charge in [0.25, 0.3) is 0 Å². The molecule has 1 aromatic carbocycles. The quantitative estimate of drug-likeness (QED) is 0.774. The molecular formula is C14H15ClN6. The molecule has 0 bridgehead atoms. The van der Waals surface area contributed by atoms with Crippen molar-refractivity contribution in [2.24, 2.45) is 0 Å². The highest BCUT2D eigenvalue weighted by Gasteiger charge is 2.12. The van der Waals surface area contributed by atoms with Crippen molar-refractivity contribution in [1.29, 1.82) is 0 Å². The van der Waals surface area contributed by atoms with Gasteiger partial charge in [0.1, 0.15) is 5.52 Å². The number of benzene rings is 1. The average molecular weight is 303 g/mol. The van der Waals surface area contributed by atoms with E-state index in [0.29, 0.717) is 34.5 Å². The number of fused-ring (bicyclic) bond motifs is 1. The predicted octanol–water partition coefficient (Wildman–Crippen LogP) is 2.54. The second kappa shape index (κ2) is 5.57. The van der Waals surface area contributed by atoms with Gasteiger partial charge in [-0.3, -0.25) is 0 Å². The third-order valence-corrected chi connectivity index (χ3v) is 3.49. The zero-order valence-corrected chi connectivity index (χ0v) is 12.3. The number of imidazole rings is 1. The van der Waals surface area contributed by atoms with E-state index < -0.39 is 0 Å². The first-order chi connectivity index (χ1) is 10.2. The molecule has 2 aromatic heterocycles. The van der Waals surface area contributed by atoms with E-state index in [1.54, 1.807) is 6.33 Å². The SMILES string of the molecule is CCNc1nc(N)c2ncn(Cc3ccccc3Cl)c2n1. The van der Waals surface area contributed by atoms with Crippen LogP contribution in [0, 0.1) is 0 Å². The Kier molecular flexibility index (Phi) is 3.62. The van der Waals surface area contributed by atoms with Gasteiger partial charge in [-0.25, -0.2) is 4.98 Å². The van der Waals surface area contributed by atoms with Crippen molar-refractivity contribution in [2.45, 2.75) is 13.5 Å². The molecule has 3 N–H and O–H groups in total. The number of hydrogen-bond donors (Lipinski definition) is 2. The summed E-state index contributed by atoms with van der Waals surface area (Å²) >= 11 is 6.20. The summed E-state index contributed by atoms with van der Waals surface area (Å²) in [5.41, 5.74) is 8.23. The van der Waals surface area contributed by atoms with E-state index in [0.717, 1.165) is 12.1 Å². The Morgan fingerprint density at radius 3 is 2.86 bits per heavy atom. The van der Waals surface area contributed by atoms with Crippen LogP contribution < -0.4 is 11.1 Å². The first-order valence-electron chi connectivity index (χ1n) is 6.64. The van der Waals surface area contributed by atoms with Crippen LogP contribution in [0.1, 0.15) is 12.5 Å². The standard InChI is InChI=1S/C14H15ClN6/c1-2-17-14-19-12(16)11-13(20-14)21(8-18-11)7-9-5-3-4-6-10(9)15/h3-6,8H,2,7H2,1H3,(H3,16,17,19,20). The van der Waals surface area contributed by atoms with Crippen LogP contribution in [0.25, 0.3) is 11.2 Å². The molecule has 0 radical (unpaired) electrons. The summed E-state index contributed by atoms with van der Waals surface area (Å²) in [4.78, 5) is 12.9. The van der Waals surface area contributed by atoms with Crippen LogP contribution >= 0.6 is 11.6 Å². The van der Waals surface area contributed by atoms with Crippen molar-refractivity contribution >= 4 is 34.5 Å². The number of rotatable bonds is 4. The molecule has 21 heavy (non-hydrogen) atoms. The minimum Gasteiger partial charge on any atom is -0.382 e. The van der Waals surface area contributed by atoms with Gasteiger partial charge in [0, 0.05) is 11.6 Å². The lowest BCUT2D eigenvalue weighted by Gasteiger charge is -2.07. The lowest BCUT2D eigenvalue weighted by Crippen LogP contribution is -2.07. The summed E-state index contributed by atoms with van der Waals surface area (Å²) in [7, 11) is 0. The number of aromatic nitrogens is 4. The minimum absolute atomic E-state index is 0.369. The molecule has 0 aliphatic rings. The second-order valence-electron chi connectivity index (χ2n) is 4.60. The molecular weight excluding hydrogens is 288 g/mol. The van der Waals surface area contributed by atoms with E-state index in [9.17, 15) is 0 Å². The molecule has 0 saturated heterocycles. The number of anilines is 2. The smallest absolute Gasteiger partial charge is 0.226 e. The predicted molar refractivity (Wildman–Crippen MR) is 84.5 cm³/mol. The molecule has 0 spiro atoms. The third-order valence-electron chi connectivity index (χ3n) is 3.12. The number of nitrogen functional groups attached to an aromatic ring is 1. The van der Waals surface area contributed by atoms with E-state index in [-0.39, 0.29) is 0 Å².